The minimum Gasteiger partial charge on any atom is -0.508 e. The van der Waals surface area contributed by atoms with Crippen LogP contribution in [0.3, 0.4) is 0 Å². The van der Waals surface area contributed by atoms with E-state index in [1.165, 1.54) is 18.2 Å². The van der Waals surface area contributed by atoms with Crippen LogP contribution in [-0.2, 0) is 0 Å². The molecule has 0 spiro atoms. The molecule has 8 aromatic rings. The quantitative estimate of drug-likeness (QED) is 0.0832. The highest BCUT2D eigenvalue weighted by Gasteiger charge is 2.20. The Morgan fingerprint density at radius 1 is 0.351 bits per heavy atom. The first-order valence-corrected chi connectivity index (χ1v) is 18.1. The van der Waals surface area contributed by atoms with E-state index in [1.54, 1.807) is 36.4 Å². The van der Waals surface area contributed by atoms with Gasteiger partial charge in [-0.15, -0.1) is 0 Å². The molecule has 8 bridgehead atoms. The predicted molar refractivity (Wildman–Crippen MR) is 219 cm³/mol. The number of phenols is 6. The van der Waals surface area contributed by atoms with Gasteiger partial charge in [0.15, 0.2) is 0 Å². The molecule has 0 aliphatic carbocycles. The van der Waals surface area contributed by atoms with Crippen LogP contribution in [0, 0.1) is 0 Å². The third kappa shape index (κ3) is 6.53. The number of hydrogen-bond acceptors (Lipinski definition) is 8. The number of thiocarbonyl (C=S) groups is 1. The fraction of sp³-hybridized carbons (Fsp3) is 0. The second-order valence-electron chi connectivity index (χ2n) is 13.6. The van der Waals surface area contributed by atoms with Gasteiger partial charge in [-0.3, -0.25) is 0 Å². The fourth-order valence-electron chi connectivity index (χ4n) is 7.55. The molecule has 0 saturated carbocycles. The summed E-state index contributed by atoms with van der Waals surface area (Å²) >= 11 is 4.83. The molecular weight excluding hydrogens is 739 g/mol. The van der Waals surface area contributed by atoms with Crippen molar-refractivity contribution in [1.82, 2.24) is 19.9 Å². The molecule has 12 heteroatoms. The van der Waals surface area contributed by atoms with Crippen molar-refractivity contribution in [3.63, 3.8) is 0 Å². The number of aromatic hydroxyl groups is 6. The minimum absolute atomic E-state index is 0.123. The first-order valence-electron chi connectivity index (χ1n) is 17.7. The Morgan fingerprint density at radius 2 is 0.649 bits per heavy atom. The summed E-state index contributed by atoms with van der Waals surface area (Å²) in [5, 5.41) is 68.8. The van der Waals surface area contributed by atoms with Gasteiger partial charge in [0.1, 0.15) is 34.5 Å². The SMILES string of the molecule is Oc1cc(O)cc(C2=c3ccc([nH]3)=C(c3ccc(N=C=S)cc3)c3ccc([nH]3)C(c3cc(O)cc(O)c3)=c3ccc([nH]3)=C(c3cc(O)cc(O)c3)c3ccc2[nH]3)c1. The standard InChI is InChI=1S/C45H31N5O6S/c51-28-13-24(14-29(52)19-28)43-36-7-5-34(47-36)42(23-1-3-27(4-2-23)46-22-57)35-6-8-37(48-35)44(25-15-30(53)20-31(54)16-25)39-10-12-41(50-39)45(40-11-9-38(43)49-40)26-17-32(55)21-33(56)18-26/h1-21,47-56H. The zero-order chi connectivity index (χ0) is 39.4. The van der Waals surface area contributed by atoms with E-state index < -0.39 is 0 Å². The Kier molecular flexibility index (Phi) is 8.39. The maximum absolute atomic E-state index is 10.6. The Balaban J connectivity index is 1.44. The van der Waals surface area contributed by atoms with Crippen LogP contribution in [0.1, 0.15) is 45.0 Å². The van der Waals surface area contributed by atoms with Crippen LogP contribution in [0.25, 0.3) is 22.3 Å². The molecule has 0 amide bonds. The molecule has 4 aromatic heterocycles. The number of aliphatic imine (C=N–C) groups is 1. The summed E-state index contributed by atoms with van der Waals surface area (Å²) in [6.45, 7) is 0. The molecule has 5 heterocycles. The number of nitrogens with one attached hydrogen (secondary N) is 4. The van der Waals surface area contributed by atoms with Crippen molar-refractivity contribution >= 4 is 45.4 Å². The lowest BCUT2D eigenvalue weighted by Gasteiger charge is -2.11. The summed E-state index contributed by atoms with van der Waals surface area (Å²) in [4.78, 5) is 18.4. The van der Waals surface area contributed by atoms with Crippen molar-refractivity contribution in [1.29, 1.82) is 0 Å². The van der Waals surface area contributed by atoms with E-state index in [9.17, 15) is 30.6 Å². The first kappa shape index (κ1) is 34.8. The van der Waals surface area contributed by atoms with Gasteiger partial charge in [-0.05, 0) is 132 Å². The zero-order valence-corrected chi connectivity index (χ0v) is 30.5. The number of benzene rings is 4. The molecule has 0 saturated heterocycles. The molecule has 1 aliphatic heterocycles. The highest BCUT2D eigenvalue weighted by molar-refractivity contribution is 7.78. The monoisotopic (exact) mass is 769 g/mol. The van der Waals surface area contributed by atoms with Gasteiger partial charge in [-0.2, -0.15) is 4.99 Å². The summed E-state index contributed by atoms with van der Waals surface area (Å²) in [7, 11) is 0. The van der Waals surface area contributed by atoms with Crippen molar-refractivity contribution in [2.24, 2.45) is 4.99 Å². The van der Waals surface area contributed by atoms with Crippen molar-refractivity contribution < 1.29 is 30.6 Å². The molecule has 11 nitrogen and oxygen atoms in total. The average Bonchev–Trinajstić information content (AvgIpc) is 3.99. The molecule has 0 unspecified atom stereocenters. The largest absolute Gasteiger partial charge is 0.508 e. The smallest absolute Gasteiger partial charge is 0.119 e. The number of aromatic nitrogens is 4. The Labute approximate surface area is 328 Å². The molecular formula is C45H31N5O6S. The van der Waals surface area contributed by atoms with Gasteiger partial charge in [0.2, 0.25) is 0 Å². The lowest BCUT2D eigenvalue weighted by molar-refractivity contribution is 0.449. The van der Waals surface area contributed by atoms with Crippen LogP contribution >= 0.6 is 12.2 Å². The number of H-pyrrole nitrogens is 4. The summed E-state index contributed by atoms with van der Waals surface area (Å²) in [5.74, 6) is -0.772. The van der Waals surface area contributed by atoms with Crippen LogP contribution in [0.5, 0.6) is 34.5 Å². The molecule has 1 aliphatic rings. The lowest BCUT2D eigenvalue weighted by atomic mass is 10.0. The summed E-state index contributed by atoms with van der Waals surface area (Å²) < 4.78 is 0. The van der Waals surface area contributed by atoms with Crippen LogP contribution in [0.15, 0.2) is 132 Å². The van der Waals surface area contributed by atoms with Crippen molar-refractivity contribution in [3.05, 3.63) is 194 Å². The van der Waals surface area contributed by atoms with Crippen molar-refractivity contribution in [2.45, 2.75) is 0 Å². The van der Waals surface area contributed by atoms with Crippen molar-refractivity contribution in [3.8, 4) is 34.5 Å². The van der Waals surface area contributed by atoms with Gasteiger partial charge in [0.25, 0.3) is 0 Å². The van der Waals surface area contributed by atoms with Gasteiger partial charge in [-0.25, -0.2) is 0 Å². The van der Waals surface area contributed by atoms with Crippen LogP contribution in [0.4, 0.5) is 5.69 Å². The normalized spacial score (nSPS) is 12.5. The summed E-state index contributed by atoms with van der Waals surface area (Å²) in [5.41, 5.74) is 8.29. The third-order valence-electron chi connectivity index (χ3n) is 9.80. The average molecular weight is 770 g/mol. The molecule has 278 valence electrons. The van der Waals surface area contributed by atoms with E-state index in [4.69, 9.17) is 12.2 Å². The number of nitrogens with zero attached hydrogens (tertiary/aromatic N) is 1. The Morgan fingerprint density at radius 3 is 0.947 bits per heavy atom. The highest BCUT2D eigenvalue weighted by Crippen LogP contribution is 2.33. The van der Waals surface area contributed by atoms with Gasteiger partial charge in [0.05, 0.1) is 10.8 Å². The third-order valence-corrected chi connectivity index (χ3v) is 9.89. The number of isothiocyanates is 1. The van der Waals surface area contributed by atoms with E-state index in [2.05, 4.69) is 30.1 Å². The van der Waals surface area contributed by atoms with E-state index in [1.807, 2.05) is 72.8 Å². The second kappa shape index (κ2) is 13.7. The van der Waals surface area contributed by atoms with E-state index >= 15 is 0 Å². The number of phenolic OH excluding ortho intramolecular Hbond substituents is 6. The molecule has 57 heavy (non-hydrogen) atoms. The molecule has 0 atom stereocenters. The van der Waals surface area contributed by atoms with E-state index in [-0.39, 0.29) is 34.5 Å². The van der Waals surface area contributed by atoms with Gasteiger partial charge < -0.3 is 50.6 Å². The maximum atomic E-state index is 10.6. The lowest BCUT2D eigenvalue weighted by Crippen LogP contribution is -2.19. The molecule has 0 fully saturated rings. The Bertz CT molecular complexity index is 3160. The summed E-state index contributed by atoms with van der Waals surface area (Å²) in [6.07, 6.45) is 0. The second-order valence-corrected chi connectivity index (χ2v) is 13.8. The van der Waals surface area contributed by atoms with Crippen LogP contribution in [-0.4, -0.2) is 55.7 Å². The number of aromatic amines is 4. The van der Waals surface area contributed by atoms with Gasteiger partial charge in [-0.1, -0.05) is 12.1 Å². The molecule has 0 radical (unpaired) electrons. The zero-order valence-electron chi connectivity index (χ0n) is 29.7. The van der Waals surface area contributed by atoms with Crippen LogP contribution in [0.2, 0.25) is 0 Å². The minimum atomic E-state index is -0.140. The number of rotatable bonds is 5. The predicted octanol–water partition coefficient (Wildman–Crippen LogP) is 5.27. The van der Waals surface area contributed by atoms with Crippen LogP contribution < -0.4 is 21.4 Å². The Hall–Kier alpha value is -7.92. The molecule has 9 rings (SSSR count). The number of hydrogen-bond donors (Lipinski definition) is 10. The van der Waals surface area contributed by atoms with Gasteiger partial charge in [0, 0.05) is 84.7 Å². The summed E-state index contributed by atoms with van der Waals surface area (Å²) in [6, 6.07) is 35.9. The maximum Gasteiger partial charge on any atom is 0.119 e. The number of fused-ring (bicyclic) bond motifs is 8. The van der Waals surface area contributed by atoms with Gasteiger partial charge >= 0.3 is 0 Å². The molecule has 4 aromatic carbocycles. The topological polar surface area (TPSA) is 197 Å². The highest BCUT2D eigenvalue weighted by atomic mass is 32.1. The fourth-order valence-corrected chi connectivity index (χ4v) is 7.65. The van der Waals surface area contributed by atoms with E-state index in [0.29, 0.717) is 72.2 Å². The van der Waals surface area contributed by atoms with Crippen molar-refractivity contribution in [2.75, 3.05) is 0 Å². The molecule has 10 N–H and O–H groups in total. The first-order chi connectivity index (χ1) is 27.6. The van der Waals surface area contributed by atoms with E-state index in [0.717, 1.165) is 22.2 Å².